The average Bonchev–Trinajstić information content (AvgIpc) is 3.51. The molecule has 34 heavy (non-hydrogen) atoms. The number of benzene rings is 2. The molecule has 2 heteroatoms. The van der Waals surface area contributed by atoms with E-state index in [4.69, 9.17) is 4.74 Å². The van der Waals surface area contributed by atoms with Gasteiger partial charge in [-0.15, -0.1) is 0 Å². The summed E-state index contributed by atoms with van der Waals surface area (Å²) in [5.41, 5.74) is 4.97. The van der Waals surface area contributed by atoms with Crippen molar-refractivity contribution in [3.63, 3.8) is 0 Å². The zero-order chi connectivity index (χ0) is 23.3. The Morgan fingerprint density at radius 2 is 1.62 bits per heavy atom. The molecule has 3 unspecified atom stereocenters. The van der Waals surface area contributed by atoms with Crippen molar-refractivity contribution in [3.05, 3.63) is 77.9 Å². The van der Waals surface area contributed by atoms with Gasteiger partial charge >= 0.3 is 5.97 Å². The molecule has 0 saturated heterocycles. The molecule has 2 saturated carbocycles. The van der Waals surface area contributed by atoms with Crippen molar-refractivity contribution in [1.82, 2.24) is 0 Å². The molecule has 3 aliphatic carbocycles. The summed E-state index contributed by atoms with van der Waals surface area (Å²) >= 11 is 0. The second-order valence-corrected chi connectivity index (χ2v) is 10.8. The molecule has 178 valence electrons. The average molecular weight is 455 g/mol. The van der Waals surface area contributed by atoms with E-state index in [0.717, 1.165) is 17.4 Å². The highest BCUT2D eigenvalue weighted by Crippen LogP contribution is 2.43. The molecule has 2 nitrogen and oxygen atoms in total. The van der Waals surface area contributed by atoms with E-state index in [0.29, 0.717) is 24.4 Å². The van der Waals surface area contributed by atoms with Gasteiger partial charge in [0.1, 0.15) is 0 Å². The summed E-state index contributed by atoms with van der Waals surface area (Å²) in [6, 6.07) is 17.6. The Bertz CT molecular complexity index is 1010. The Morgan fingerprint density at radius 3 is 2.24 bits per heavy atom. The Kier molecular flexibility index (Phi) is 7.33. The van der Waals surface area contributed by atoms with Gasteiger partial charge in [-0.3, -0.25) is 0 Å². The monoisotopic (exact) mass is 454 g/mol. The first kappa shape index (κ1) is 23.1. The maximum absolute atomic E-state index is 12.2. The van der Waals surface area contributed by atoms with Gasteiger partial charge in [-0.1, -0.05) is 80.4 Å². The molecule has 0 N–H and O–H groups in total. The molecule has 0 amide bonds. The Balaban J connectivity index is 1.11. The van der Waals surface area contributed by atoms with E-state index in [1.54, 1.807) is 6.08 Å². The molecule has 2 bridgehead atoms. The summed E-state index contributed by atoms with van der Waals surface area (Å²) in [5, 5.41) is 0. The minimum atomic E-state index is -0.241. The Labute approximate surface area is 205 Å². The molecule has 0 aromatic heterocycles. The molecule has 0 heterocycles. The van der Waals surface area contributed by atoms with Crippen LogP contribution in [0.4, 0.5) is 0 Å². The zero-order valence-corrected chi connectivity index (χ0v) is 20.5. The van der Waals surface area contributed by atoms with Crippen molar-refractivity contribution in [2.75, 3.05) is 6.61 Å². The molecule has 0 spiro atoms. The molecule has 3 atom stereocenters. The lowest BCUT2D eigenvalue weighted by molar-refractivity contribution is -0.139. The molecule has 2 aromatic rings. The van der Waals surface area contributed by atoms with E-state index in [1.807, 2.05) is 6.08 Å². The maximum Gasteiger partial charge on any atom is 0.330 e. The SMILES string of the molecule is CCCC1CCC(c2ccc(-c3ccc(/C=C/C(=O)OCC4CC5C=CC4C5)cc3)cc2)CC1. The van der Waals surface area contributed by atoms with Crippen LogP contribution in [0.25, 0.3) is 17.2 Å². The van der Waals surface area contributed by atoms with E-state index >= 15 is 0 Å². The Hall–Kier alpha value is -2.61. The van der Waals surface area contributed by atoms with Crippen molar-refractivity contribution < 1.29 is 9.53 Å². The highest BCUT2D eigenvalue weighted by Gasteiger charge is 2.36. The summed E-state index contributed by atoms with van der Waals surface area (Å²) in [7, 11) is 0. The largest absolute Gasteiger partial charge is 0.462 e. The van der Waals surface area contributed by atoms with Crippen LogP contribution in [-0.2, 0) is 9.53 Å². The standard InChI is InChI=1S/C32H38O2/c1-2-3-23-4-10-26(11-5-23)28-15-17-29(18-16-28)27-12-6-24(7-13-27)9-19-32(33)34-22-31-21-25-8-14-30(31)20-25/h6-9,12-19,23,25-26,30-31H,2-5,10-11,20-22H2,1H3/b19-9+. The van der Waals surface area contributed by atoms with E-state index in [2.05, 4.69) is 67.6 Å². The summed E-state index contributed by atoms with van der Waals surface area (Å²) in [6.45, 7) is 2.85. The van der Waals surface area contributed by atoms with Crippen LogP contribution < -0.4 is 0 Å². The molecule has 0 aliphatic heterocycles. The normalized spacial score (nSPS) is 28.0. The van der Waals surface area contributed by atoms with Gasteiger partial charge in [0.2, 0.25) is 0 Å². The number of carbonyl (C=O) groups excluding carboxylic acids is 1. The third-order valence-corrected chi connectivity index (χ3v) is 8.44. The second kappa shape index (κ2) is 10.8. The lowest BCUT2D eigenvalue weighted by atomic mass is 9.77. The van der Waals surface area contributed by atoms with Gasteiger partial charge < -0.3 is 4.74 Å². The number of hydrogen-bond acceptors (Lipinski definition) is 2. The number of carbonyl (C=O) groups is 1. The van der Waals surface area contributed by atoms with Gasteiger partial charge in [0.25, 0.3) is 0 Å². The summed E-state index contributed by atoms with van der Waals surface area (Å²) in [6.07, 6.45) is 18.6. The number of rotatable bonds is 8. The number of fused-ring (bicyclic) bond motifs is 2. The predicted molar refractivity (Wildman–Crippen MR) is 140 cm³/mol. The lowest BCUT2D eigenvalue weighted by Gasteiger charge is -2.28. The number of ether oxygens (including phenoxy) is 1. The van der Waals surface area contributed by atoms with Crippen molar-refractivity contribution in [2.24, 2.45) is 23.7 Å². The van der Waals surface area contributed by atoms with Gasteiger partial charge in [-0.05, 0) is 96.4 Å². The van der Waals surface area contributed by atoms with Crippen molar-refractivity contribution in [2.45, 2.75) is 64.2 Å². The van der Waals surface area contributed by atoms with E-state index in [1.165, 1.54) is 68.1 Å². The lowest BCUT2D eigenvalue weighted by Crippen LogP contribution is -2.16. The topological polar surface area (TPSA) is 26.3 Å². The number of esters is 1. The van der Waals surface area contributed by atoms with E-state index in [-0.39, 0.29) is 5.97 Å². The minimum Gasteiger partial charge on any atom is -0.462 e. The fraction of sp³-hybridized carbons (Fsp3) is 0.469. The maximum atomic E-state index is 12.2. The van der Waals surface area contributed by atoms with Gasteiger partial charge in [0.15, 0.2) is 0 Å². The molecule has 5 rings (SSSR count). The number of hydrogen-bond donors (Lipinski definition) is 0. The van der Waals surface area contributed by atoms with E-state index < -0.39 is 0 Å². The van der Waals surface area contributed by atoms with E-state index in [9.17, 15) is 4.79 Å². The first-order valence-electron chi connectivity index (χ1n) is 13.4. The highest BCUT2D eigenvalue weighted by atomic mass is 16.5. The van der Waals surface area contributed by atoms with Crippen LogP contribution in [0.15, 0.2) is 66.8 Å². The molecule has 2 fully saturated rings. The minimum absolute atomic E-state index is 0.241. The zero-order valence-electron chi connectivity index (χ0n) is 20.5. The summed E-state index contributed by atoms with van der Waals surface area (Å²) in [5.74, 6) is 3.28. The third kappa shape index (κ3) is 5.54. The molecule has 2 aromatic carbocycles. The van der Waals surface area contributed by atoms with Crippen LogP contribution >= 0.6 is 0 Å². The van der Waals surface area contributed by atoms with Crippen molar-refractivity contribution in [3.8, 4) is 11.1 Å². The van der Waals surface area contributed by atoms with Gasteiger partial charge in [0, 0.05) is 6.08 Å². The molecule has 3 aliphatic rings. The fourth-order valence-corrected chi connectivity index (χ4v) is 6.41. The van der Waals surface area contributed by atoms with Crippen LogP contribution in [-0.4, -0.2) is 12.6 Å². The van der Waals surface area contributed by atoms with Crippen LogP contribution in [0.5, 0.6) is 0 Å². The number of allylic oxidation sites excluding steroid dienone is 2. The summed E-state index contributed by atoms with van der Waals surface area (Å²) < 4.78 is 5.51. The Morgan fingerprint density at radius 1 is 0.912 bits per heavy atom. The first-order valence-corrected chi connectivity index (χ1v) is 13.4. The summed E-state index contributed by atoms with van der Waals surface area (Å²) in [4.78, 5) is 12.2. The van der Waals surface area contributed by atoms with Crippen molar-refractivity contribution in [1.29, 1.82) is 0 Å². The van der Waals surface area contributed by atoms with Crippen molar-refractivity contribution >= 4 is 12.0 Å². The predicted octanol–water partition coefficient (Wildman–Crippen LogP) is 8.20. The molecular formula is C32H38O2. The highest BCUT2D eigenvalue weighted by molar-refractivity contribution is 5.87. The van der Waals surface area contributed by atoms with Gasteiger partial charge in [0.05, 0.1) is 6.61 Å². The fourth-order valence-electron chi connectivity index (χ4n) is 6.41. The second-order valence-electron chi connectivity index (χ2n) is 10.8. The van der Waals surface area contributed by atoms with Gasteiger partial charge in [-0.25, -0.2) is 4.79 Å². The van der Waals surface area contributed by atoms with Crippen LogP contribution in [0.2, 0.25) is 0 Å². The van der Waals surface area contributed by atoms with Gasteiger partial charge in [-0.2, -0.15) is 0 Å². The quantitative estimate of drug-likeness (QED) is 0.228. The van der Waals surface area contributed by atoms with Crippen LogP contribution in [0.3, 0.4) is 0 Å². The molecule has 0 radical (unpaired) electrons. The first-order chi connectivity index (χ1) is 16.7. The smallest absolute Gasteiger partial charge is 0.330 e. The third-order valence-electron chi connectivity index (χ3n) is 8.44. The van der Waals surface area contributed by atoms with Crippen LogP contribution in [0.1, 0.15) is 75.3 Å². The molecular weight excluding hydrogens is 416 g/mol. The van der Waals surface area contributed by atoms with Crippen LogP contribution in [0, 0.1) is 23.7 Å².